The second kappa shape index (κ2) is 11.8. The third kappa shape index (κ3) is 5.04. The lowest BCUT2D eigenvalue weighted by Crippen LogP contribution is -2.46. The molecule has 1 aromatic heterocycles. The first-order valence-electron chi connectivity index (χ1n) is 12.2. The fourth-order valence-electron chi connectivity index (χ4n) is 6.04. The average molecular weight is 536 g/mol. The molecule has 2 aliphatic rings. The number of aromatic hydroxyl groups is 1. The summed E-state index contributed by atoms with van der Waals surface area (Å²) in [7, 11) is 5.00. The minimum absolute atomic E-state index is 0. The van der Waals surface area contributed by atoms with E-state index in [1.165, 1.54) is 11.1 Å². The SMILES string of the molecule is CCC1CN2CCc3cc(OC)c(OC)cc3C2CC1Cc1nccc2cc(O)c(OC)cc12.Cl.Cl. The van der Waals surface area contributed by atoms with Gasteiger partial charge in [0.25, 0.3) is 0 Å². The maximum Gasteiger partial charge on any atom is 0.161 e. The molecule has 3 aromatic rings. The number of halogens is 2. The normalized spacial score (nSPS) is 20.9. The zero-order chi connectivity index (χ0) is 23.8. The number of hydrogen-bond acceptors (Lipinski definition) is 6. The summed E-state index contributed by atoms with van der Waals surface area (Å²) in [5.41, 5.74) is 3.83. The second-order valence-electron chi connectivity index (χ2n) is 9.54. The van der Waals surface area contributed by atoms with Gasteiger partial charge in [0.2, 0.25) is 0 Å². The Balaban J connectivity index is 0.00000180. The summed E-state index contributed by atoms with van der Waals surface area (Å²) >= 11 is 0. The van der Waals surface area contributed by atoms with Crippen molar-refractivity contribution < 1.29 is 19.3 Å². The zero-order valence-electron chi connectivity index (χ0n) is 21.3. The number of phenols is 1. The van der Waals surface area contributed by atoms with Crippen molar-refractivity contribution in [3.8, 4) is 23.0 Å². The predicted molar refractivity (Wildman–Crippen MR) is 148 cm³/mol. The number of methoxy groups -OCH3 is 3. The largest absolute Gasteiger partial charge is 0.504 e. The first-order valence-corrected chi connectivity index (χ1v) is 12.2. The van der Waals surface area contributed by atoms with Crippen LogP contribution in [-0.4, -0.2) is 49.4 Å². The number of hydrogen-bond donors (Lipinski definition) is 1. The third-order valence-corrected chi connectivity index (χ3v) is 7.90. The van der Waals surface area contributed by atoms with Gasteiger partial charge in [-0.3, -0.25) is 9.88 Å². The molecule has 3 heterocycles. The van der Waals surface area contributed by atoms with Crippen molar-refractivity contribution in [3.05, 3.63) is 53.3 Å². The van der Waals surface area contributed by atoms with E-state index in [0.717, 1.165) is 66.7 Å². The topological polar surface area (TPSA) is 64.1 Å². The van der Waals surface area contributed by atoms with Gasteiger partial charge in [0, 0.05) is 36.4 Å². The molecular weight excluding hydrogens is 499 g/mol. The number of rotatable bonds is 6. The number of phenolic OH excluding ortho intramolecular Hbond substituents is 1. The van der Waals surface area contributed by atoms with Crippen LogP contribution in [0.4, 0.5) is 0 Å². The van der Waals surface area contributed by atoms with Gasteiger partial charge in [-0.15, -0.1) is 24.8 Å². The van der Waals surface area contributed by atoms with E-state index in [9.17, 15) is 5.11 Å². The monoisotopic (exact) mass is 534 g/mol. The van der Waals surface area contributed by atoms with Crippen LogP contribution < -0.4 is 14.2 Å². The maximum atomic E-state index is 10.2. The van der Waals surface area contributed by atoms with Gasteiger partial charge in [-0.2, -0.15) is 0 Å². The highest BCUT2D eigenvalue weighted by molar-refractivity contribution is 5.87. The molecule has 1 N–H and O–H groups in total. The van der Waals surface area contributed by atoms with Crippen molar-refractivity contribution in [1.29, 1.82) is 0 Å². The number of pyridine rings is 1. The molecular formula is C28H36Cl2N2O4. The molecule has 2 aromatic carbocycles. The van der Waals surface area contributed by atoms with Crippen LogP contribution in [0, 0.1) is 11.8 Å². The number of fused-ring (bicyclic) bond motifs is 4. The van der Waals surface area contributed by atoms with Crippen LogP contribution in [0.1, 0.15) is 42.6 Å². The van der Waals surface area contributed by atoms with Crippen LogP contribution in [0.3, 0.4) is 0 Å². The Hall–Kier alpha value is -2.41. The highest BCUT2D eigenvalue weighted by atomic mass is 35.5. The quantitative estimate of drug-likeness (QED) is 0.418. The van der Waals surface area contributed by atoms with E-state index in [2.05, 4.69) is 24.0 Å². The minimum atomic E-state index is 0. The fraction of sp³-hybridized carbons (Fsp3) is 0.464. The van der Waals surface area contributed by atoms with Crippen molar-refractivity contribution in [1.82, 2.24) is 9.88 Å². The molecule has 8 heteroatoms. The highest BCUT2D eigenvalue weighted by Crippen LogP contribution is 2.46. The Kier molecular flexibility index (Phi) is 9.20. The van der Waals surface area contributed by atoms with E-state index < -0.39 is 0 Å². The summed E-state index contributed by atoms with van der Waals surface area (Å²) in [6.07, 6.45) is 6.06. The van der Waals surface area contributed by atoms with Gasteiger partial charge in [0.15, 0.2) is 23.0 Å². The number of benzene rings is 2. The minimum Gasteiger partial charge on any atom is -0.504 e. The average Bonchev–Trinajstić information content (AvgIpc) is 2.87. The van der Waals surface area contributed by atoms with E-state index in [-0.39, 0.29) is 30.6 Å². The molecule has 0 amide bonds. The summed E-state index contributed by atoms with van der Waals surface area (Å²) < 4.78 is 16.6. The van der Waals surface area contributed by atoms with Gasteiger partial charge in [0.1, 0.15) is 0 Å². The van der Waals surface area contributed by atoms with E-state index in [1.807, 2.05) is 18.3 Å². The smallest absolute Gasteiger partial charge is 0.161 e. The van der Waals surface area contributed by atoms with Gasteiger partial charge < -0.3 is 19.3 Å². The second-order valence-corrected chi connectivity index (χ2v) is 9.54. The Morgan fingerprint density at radius 3 is 2.39 bits per heavy atom. The Morgan fingerprint density at radius 1 is 0.972 bits per heavy atom. The molecule has 0 spiro atoms. The Morgan fingerprint density at radius 2 is 1.69 bits per heavy atom. The standard InChI is InChI=1S/C28H34N2O4.2ClH/c1-5-17-16-30-9-7-19-13-27(33-3)28(34-4)15-22(19)24(30)11-20(17)10-23-21-14-26(32-2)25(31)12-18(21)6-8-29-23;;/h6,8,12-15,17,20,24,31H,5,7,9-11,16H2,1-4H3;2*1H. The third-order valence-electron chi connectivity index (χ3n) is 7.90. The number of nitrogens with zero attached hydrogens (tertiary/aromatic N) is 2. The number of piperidine rings is 1. The highest BCUT2D eigenvalue weighted by Gasteiger charge is 2.39. The van der Waals surface area contributed by atoms with Gasteiger partial charge >= 0.3 is 0 Å². The van der Waals surface area contributed by atoms with E-state index in [1.54, 1.807) is 27.4 Å². The molecule has 0 aliphatic carbocycles. The summed E-state index contributed by atoms with van der Waals surface area (Å²) in [5.74, 6) is 3.41. The Bertz CT molecular complexity index is 1210. The predicted octanol–water partition coefficient (Wildman–Crippen LogP) is 6.00. The van der Waals surface area contributed by atoms with Crippen molar-refractivity contribution in [3.63, 3.8) is 0 Å². The summed E-state index contributed by atoms with van der Waals surface area (Å²) in [6, 6.07) is 10.4. The molecule has 36 heavy (non-hydrogen) atoms. The van der Waals surface area contributed by atoms with Crippen LogP contribution in [-0.2, 0) is 12.8 Å². The van der Waals surface area contributed by atoms with E-state index in [0.29, 0.717) is 23.6 Å². The van der Waals surface area contributed by atoms with E-state index >= 15 is 0 Å². The van der Waals surface area contributed by atoms with Crippen LogP contribution in [0.5, 0.6) is 23.0 Å². The van der Waals surface area contributed by atoms with Crippen LogP contribution in [0.25, 0.3) is 10.8 Å². The van der Waals surface area contributed by atoms with Crippen LogP contribution in [0.15, 0.2) is 36.5 Å². The molecule has 1 fully saturated rings. The van der Waals surface area contributed by atoms with Crippen LogP contribution in [0.2, 0.25) is 0 Å². The van der Waals surface area contributed by atoms with Crippen molar-refractivity contribution >= 4 is 35.6 Å². The number of ether oxygens (including phenoxy) is 3. The van der Waals surface area contributed by atoms with Crippen LogP contribution >= 0.6 is 24.8 Å². The molecule has 0 bridgehead atoms. The maximum absolute atomic E-state index is 10.2. The lowest BCUT2D eigenvalue weighted by atomic mass is 9.74. The molecule has 0 saturated carbocycles. The van der Waals surface area contributed by atoms with Crippen molar-refractivity contribution in [2.24, 2.45) is 11.8 Å². The van der Waals surface area contributed by atoms with Gasteiger partial charge in [-0.1, -0.05) is 13.3 Å². The first kappa shape index (κ1) is 28.2. The zero-order valence-corrected chi connectivity index (χ0v) is 23.0. The van der Waals surface area contributed by atoms with Gasteiger partial charge in [-0.25, -0.2) is 0 Å². The van der Waals surface area contributed by atoms with Gasteiger partial charge in [0.05, 0.1) is 21.3 Å². The molecule has 196 valence electrons. The summed E-state index contributed by atoms with van der Waals surface area (Å²) in [5, 5.41) is 12.3. The molecule has 2 aliphatic heterocycles. The number of aromatic nitrogens is 1. The molecule has 5 rings (SSSR count). The molecule has 1 saturated heterocycles. The first-order chi connectivity index (χ1) is 16.6. The summed E-state index contributed by atoms with van der Waals surface area (Å²) in [6.45, 7) is 4.50. The fourth-order valence-corrected chi connectivity index (χ4v) is 6.04. The van der Waals surface area contributed by atoms with Crippen molar-refractivity contribution in [2.75, 3.05) is 34.4 Å². The summed E-state index contributed by atoms with van der Waals surface area (Å²) in [4.78, 5) is 7.45. The lowest BCUT2D eigenvalue weighted by Gasteiger charge is -2.47. The van der Waals surface area contributed by atoms with E-state index in [4.69, 9.17) is 19.2 Å². The van der Waals surface area contributed by atoms with Gasteiger partial charge in [-0.05, 0) is 77.9 Å². The lowest BCUT2D eigenvalue weighted by molar-refractivity contribution is 0.0517. The molecule has 0 radical (unpaired) electrons. The Labute approximate surface area is 225 Å². The molecule has 6 nitrogen and oxygen atoms in total. The molecule has 3 atom stereocenters. The molecule has 3 unspecified atom stereocenters. The van der Waals surface area contributed by atoms with Crippen molar-refractivity contribution in [2.45, 2.75) is 38.6 Å².